The van der Waals surface area contributed by atoms with Crippen molar-refractivity contribution < 1.29 is 0 Å². The number of hydrogen-bond acceptors (Lipinski definition) is 2. The van der Waals surface area contributed by atoms with Crippen LogP contribution in [-0.2, 0) is 6.54 Å². The van der Waals surface area contributed by atoms with Gasteiger partial charge in [0.1, 0.15) is 0 Å². The number of H-pyrrole nitrogens is 1. The molecular weight excluding hydrogens is 210 g/mol. The molecule has 3 heteroatoms. The first-order valence-corrected chi connectivity index (χ1v) is 6.22. The number of benzene rings is 1. The maximum atomic E-state index is 4.15. The lowest BCUT2D eigenvalue weighted by Crippen LogP contribution is -2.16. The van der Waals surface area contributed by atoms with Crippen LogP contribution < -0.4 is 5.32 Å². The van der Waals surface area contributed by atoms with E-state index in [0.717, 1.165) is 24.7 Å². The first-order valence-electron chi connectivity index (χ1n) is 6.22. The van der Waals surface area contributed by atoms with E-state index in [2.05, 4.69) is 39.8 Å². The summed E-state index contributed by atoms with van der Waals surface area (Å²) in [5, 5.41) is 10.7. The zero-order valence-corrected chi connectivity index (χ0v) is 9.82. The summed E-state index contributed by atoms with van der Waals surface area (Å²) in [4.78, 5) is 0. The van der Waals surface area contributed by atoms with Crippen molar-refractivity contribution >= 4 is 0 Å². The van der Waals surface area contributed by atoms with Crippen molar-refractivity contribution in [3.8, 4) is 11.3 Å². The third kappa shape index (κ3) is 2.56. The number of hydrogen-bond donors (Lipinski definition) is 2. The molecule has 3 rings (SSSR count). The van der Waals surface area contributed by atoms with Crippen LogP contribution in [0.2, 0.25) is 0 Å². The van der Waals surface area contributed by atoms with Gasteiger partial charge in [0.15, 0.2) is 0 Å². The van der Waals surface area contributed by atoms with Crippen LogP contribution in [0.4, 0.5) is 0 Å². The largest absolute Gasteiger partial charge is 0.312 e. The van der Waals surface area contributed by atoms with Gasteiger partial charge in [-0.15, -0.1) is 0 Å². The summed E-state index contributed by atoms with van der Waals surface area (Å²) < 4.78 is 0. The van der Waals surface area contributed by atoms with Crippen LogP contribution in [-0.4, -0.2) is 16.7 Å². The topological polar surface area (TPSA) is 40.7 Å². The van der Waals surface area contributed by atoms with Crippen LogP contribution in [0, 0.1) is 5.92 Å². The minimum Gasteiger partial charge on any atom is -0.312 e. The van der Waals surface area contributed by atoms with Crippen LogP contribution in [0.1, 0.15) is 18.4 Å². The Kier molecular flexibility index (Phi) is 2.92. The number of nitrogens with one attached hydrogen (secondary N) is 2. The molecule has 2 N–H and O–H groups in total. The van der Waals surface area contributed by atoms with E-state index < -0.39 is 0 Å². The molecule has 1 aromatic heterocycles. The molecule has 0 spiro atoms. The summed E-state index contributed by atoms with van der Waals surface area (Å²) in [6.45, 7) is 2.04. The Hall–Kier alpha value is -1.61. The monoisotopic (exact) mass is 227 g/mol. The van der Waals surface area contributed by atoms with Gasteiger partial charge in [0.2, 0.25) is 0 Å². The zero-order chi connectivity index (χ0) is 11.5. The van der Waals surface area contributed by atoms with Crippen LogP contribution >= 0.6 is 0 Å². The van der Waals surface area contributed by atoms with E-state index >= 15 is 0 Å². The molecule has 3 nitrogen and oxygen atoms in total. The van der Waals surface area contributed by atoms with Gasteiger partial charge in [0, 0.05) is 12.1 Å². The van der Waals surface area contributed by atoms with Crippen molar-refractivity contribution in [3.05, 3.63) is 42.1 Å². The standard InChI is InChI=1S/C14H17N3/c1-2-4-12(5-3-1)14-13(10-16-17-14)9-15-8-11-6-7-11/h1-5,10-11,15H,6-9H2,(H,16,17). The Morgan fingerprint density at radius 3 is 2.82 bits per heavy atom. The maximum Gasteiger partial charge on any atom is 0.0695 e. The lowest BCUT2D eigenvalue weighted by Gasteiger charge is -2.04. The summed E-state index contributed by atoms with van der Waals surface area (Å²) in [6, 6.07) is 10.4. The van der Waals surface area contributed by atoms with E-state index in [0.29, 0.717) is 0 Å². The van der Waals surface area contributed by atoms with Gasteiger partial charge in [0.05, 0.1) is 11.9 Å². The Bertz CT molecular complexity index is 471. The summed E-state index contributed by atoms with van der Waals surface area (Å²) in [6.07, 6.45) is 4.70. The minimum absolute atomic E-state index is 0.900. The molecule has 0 atom stereocenters. The lowest BCUT2D eigenvalue weighted by atomic mass is 10.1. The molecule has 0 radical (unpaired) electrons. The molecule has 0 bridgehead atoms. The van der Waals surface area contributed by atoms with Gasteiger partial charge >= 0.3 is 0 Å². The first kappa shape index (κ1) is 10.5. The fraction of sp³-hybridized carbons (Fsp3) is 0.357. The van der Waals surface area contributed by atoms with E-state index in [4.69, 9.17) is 0 Å². The van der Waals surface area contributed by atoms with Crippen molar-refractivity contribution in [2.45, 2.75) is 19.4 Å². The quantitative estimate of drug-likeness (QED) is 0.824. The Balaban J connectivity index is 1.70. The van der Waals surface area contributed by atoms with E-state index in [-0.39, 0.29) is 0 Å². The molecule has 1 fully saturated rings. The fourth-order valence-electron chi connectivity index (χ4n) is 2.03. The van der Waals surface area contributed by atoms with Crippen molar-refractivity contribution in [1.82, 2.24) is 15.5 Å². The average Bonchev–Trinajstić information content (AvgIpc) is 3.07. The number of aromatic amines is 1. The predicted molar refractivity (Wildman–Crippen MR) is 68.5 cm³/mol. The molecule has 1 heterocycles. The van der Waals surface area contributed by atoms with Crippen LogP contribution in [0.25, 0.3) is 11.3 Å². The molecule has 1 aliphatic carbocycles. The SMILES string of the molecule is c1ccc(-c2[nH]ncc2CNCC2CC2)cc1. The second-order valence-corrected chi connectivity index (χ2v) is 4.71. The van der Waals surface area contributed by atoms with Gasteiger partial charge in [0.25, 0.3) is 0 Å². The van der Waals surface area contributed by atoms with Crippen molar-refractivity contribution in [1.29, 1.82) is 0 Å². The highest BCUT2D eigenvalue weighted by Gasteiger charge is 2.20. The van der Waals surface area contributed by atoms with E-state index in [1.54, 1.807) is 0 Å². The molecule has 0 aliphatic heterocycles. The zero-order valence-electron chi connectivity index (χ0n) is 9.82. The molecule has 0 amide bonds. The van der Waals surface area contributed by atoms with Gasteiger partial charge in [-0.2, -0.15) is 5.10 Å². The van der Waals surface area contributed by atoms with Crippen LogP contribution in [0.15, 0.2) is 36.5 Å². The van der Waals surface area contributed by atoms with Gasteiger partial charge in [-0.25, -0.2) is 0 Å². The van der Waals surface area contributed by atoms with Gasteiger partial charge < -0.3 is 5.32 Å². The number of aromatic nitrogens is 2. The summed E-state index contributed by atoms with van der Waals surface area (Å²) in [5.41, 5.74) is 3.58. The Morgan fingerprint density at radius 2 is 2.06 bits per heavy atom. The van der Waals surface area contributed by atoms with E-state index in [1.807, 2.05) is 12.3 Å². The molecule has 88 valence electrons. The molecule has 2 aromatic rings. The lowest BCUT2D eigenvalue weighted by molar-refractivity contribution is 0.639. The normalized spacial score (nSPS) is 15.1. The molecule has 1 aliphatic rings. The molecule has 0 unspecified atom stereocenters. The Morgan fingerprint density at radius 1 is 1.24 bits per heavy atom. The second-order valence-electron chi connectivity index (χ2n) is 4.71. The molecule has 17 heavy (non-hydrogen) atoms. The smallest absolute Gasteiger partial charge is 0.0695 e. The van der Waals surface area contributed by atoms with Crippen molar-refractivity contribution in [3.63, 3.8) is 0 Å². The minimum atomic E-state index is 0.900. The molecule has 1 saturated carbocycles. The highest BCUT2D eigenvalue weighted by atomic mass is 15.1. The van der Waals surface area contributed by atoms with Crippen LogP contribution in [0.5, 0.6) is 0 Å². The van der Waals surface area contributed by atoms with Gasteiger partial charge in [-0.1, -0.05) is 30.3 Å². The highest BCUT2D eigenvalue weighted by molar-refractivity contribution is 5.62. The summed E-state index contributed by atoms with van der Waals surface area (Å²) in [5.74, 6) is 0.919. The number of rotatable bonds is 5. The Labute approximate surface area is 101 Å². The predicted octanol–water partition coefficient (Wildman–Crippen LogP) is 2.58. The third-order valence-electron chi connectivity index (χ3n) is 3.23. The summed E-state index contributed by atoms with van der Waals surface area (Å²) in [7, 11) is 0. The highest BCUT2D eigenvalue weighted by Crippen LogP contribution is 2.28. The van der Waals surface area contributed by atoms with Crippen LogP contribution in [0.3, 0.4) is 0 Å². The van der Waals surface area contributed by atoms with Crippen molar-refractivity contribution in [2.24, 2.45) is 5.92 Å². The van der Waals surface area contributed by atoms with E-state index in [9.17, 15) is 0 Å². The van der Waals surface area contributed by atoms with Crippen molar-refractivity contribution in [2.75, 3.05) is 6.54 Å². The third-order valence-corrected chi connectivity index (χ3v) is 3.23. The molecule has 0 saturated heterocycles. The summed E-state index contributed by atoms with van der Waals surface area (Å²) >= 11 is 0. The first-order chi connectivity index (χ1) is 8.43. The number of nitrogens with zero attached hydrogens (tertiary/aromatic N) is 1. The second kappa shape index (κ2) is 4.72. The maximum absolute atomic E-state index is 4.15. The fourth-order valence-corrected chi connectivity index (χ4v) is 2.03. The van der Waals surface area contributed by atoms with E-state index in [1.165, 1.54) is 24.0 Å². The molecular formula is C14H17N3. The van der Waals surface area contributed by atoms with Gasteiger partial charge in [-0.05, 0) is 30.9 Å². The average molecular weight is 227 g/mol. The van der Waals surface area contributed by atoms with Gasteiger partial charge in [-0.3, -0.25) is 5.10 Å². The molecule has 1 aromatic carbocycles.